The summed E-state index contributed by atoms with van der Waals surface area (Å²) in [6, 6.07) is 9.00. The van der Waals surface area contributed by atoms with Crippen molar-refractivity contribution < 1.29 is 23.9 Å². The molecular weight excluding hydrogens is 398 g/mol. The molecular formula is C18H21N5O5S. The second-order valence-electron chi connectivity index (χ2n) is 5.87. The molecule has 3 amide bonds. The van der Waals surface area contributed by atoms with E-state index in [-0.39, 0.29) is 42.5 Å². The highest BCUT2D eigenvalue weighted by Gasteiger charge is 2.26. The van der Waals surface area contributed by atoms with Crippen molar-refractivity contribution in [1.82, 2.24) is 14.6 Å². The van der Waals surface area contributed by atoms with E-state index in [2.05, 4.69) is 9.69 Å². The number of rotatable bonds is 9. The Morgan fingerprint density at radius 2 is 1.90 bits per heavy atom. The first-order chi connectivity index (χ1) is 13.8. The summed E-state index contributed by atoms with van der Waals surface area (Å²) in [4.78, 5) is 49.2. The number of carbonyl (C=O) groups is 4. The van der Waals surface area contributed by atoms with Crippen LogP contribution in [0.1, 0.15) is 32.6 Å². The minimum atomic E-state index is -0.848. The number of nitrogens with one attached hydrogen (secondary N) is 1. The summed E-state index contributed by atoms with van der Waals surface area (Å²) < 4.78 is 8.57. The Kier molecular flexibility index (Phi) is 7.66. The highest BCUT2D eigenvalue weighted by molar-refractivity contribution is 7.09. The molecule has 2 aromatic rings. The molecule has 0 saturated heterocycles. The minimum Gasteiger partial charge on any atom is -0.465 e. The summed E-state index contributed by atoms with van der Waals surface area (Å²) in [6.07, 6.45) is 0. The Hall–Kier alpha value is -3.47. The molecule has 0 bridgehead atoms. The molecule has 0 radical (unpaired) electrons. The first-order valence-electron chi connectivity index (χ1n) is 8.64. The van der Waals surface area contributed by atoms with Gasteiger partial charge in [-0.25, -0.2) is 0 Å². The molecule has 0 unspecified atom stereocenters. The van der Waals surface area contributed by atoms with Crippen molar-refractivity contribution >= 4 is 40.9 Å². The lowest BCUT2D eigenvalue weighted by molar-refractivity contribution is -0.143. The molecule has 1 aromatic heterocycles. The number of nitrogen functional groups attached to an aromatic ring is 1. The van der Waals surface area contributed by atoms with Crippen LogP contribution in [-0.2, 0) is 20.9 Å². The van der Waals surface area contributed by atoms with Crippen molar-refractivity contribution in [1.29, 1.82) is 0 Å². The van der Waals surface area contributed by atoms with E-state index in [1.165, 1.54) is 4.90 Å². The maximum absolute atomic E-state index is 13.0. The van der Waals surface area contributed by atoms with Gasteiger partial charge in [0.2, 0.25) is 5.91 Å². The van der Waals surface area contributed by atoms with Crippen LogP contribution in [-0.4, -0.2) is 52.7 Å². The third kappa shape index (κ3) is 6.01. The van der Waals surface area contributed by atoms with E-state index in [0.29, 0.717) is 0 Å². The highest BCUT2D eigenvalue weighted by atomic mass is 32.1. The van der Waals surface area contributed by atoms with Crippen molar-refractivity contribution in [2.45, 2.75) is 13.5 Å². The molecule has 0 atom stereocenters. The maximum atomic E-state index is 13.0. The molecule has 0 saturated carbocycles. The van der Waals surface area contributed by atoms with Crippen LogP contribution in [0.5, 0.6) is 0 Å². The van der Waals surface area contributed by atoms with E-state index in [1.807, 2.05) is 6.07 Å². The topological polar surface area (TPSA) is 158 Å². The number of nitrogens with zero attached hydrogens (tertiary/aromatic N) is 2. The van der Waals surface area contributed by atoms with E-state index in [1.54, 1.807) is 31.2 Å². The minimum absolute atomic E-state index is 0.00734. The standard InChI is InChI=1S/C18H21N5O5S/c1-2-28-13(25)8-21-12(24)10-23(9-11-6-4-3-5-7-11)18(27)16-14(19)15(17(20)26)22-29-16/h3-7H,2,8-10,19H2,1H3,(H2,20,26)(H,21,24). The Bertz CT molecular complexity index is 899. The molecule has 1 heterocycles. The van der Waals surface area contributed by atoms with Crippen molar-refractivity contribution in [3.8, 4) is 0 Å². The average molecular weight is 419 g/mol. The number of hydrogen-bond acceptors (Lipinski definition) is 8. The second-order valence-corrected chi connectivity index (χ2v) is 6.64. The van der Waals surface area contributed by atoms with Gasteiger partial charge < -0.3 is 26.4 Å². The molecule has 0 fully saturated rings. The molecule has 0 aliphatic carbocycles. The van der Waals surface area contributed by atoms with Crippen LogP contribution < -0.4 is 16.8 Å². The average Bonchev–Trinajstić information content (AvgIpc) is 3.08. The number of hydrogen-bond donors (Lipinski definition) is 3. The third-order valence-electron chi connectivity index (χ3n) is 3.73. The molecule has 29 heavy (non-hydrogen) atoms. The monoisotopic (exact) mass is 419 g/mol. The van der Waals surface area contributed by atoms with Crippen LogP contribution in [0, 0.1) is 0 Å². The Morgan fingerprint density at radius 1 is 1.21 bits per heavy atom. The SMILES string of the molecule is CCOC(=O)CNC(=O)CN(Cc1ccccc1)C(=O)c1snc(C(N)=O)c1N. The summed E-state index contributed by atoms with van der Waals surface area (Å²) in [6.45, 7) is 1.31. The lowest BCUT2D eigenvalue weighted by Crippen LogP contribution is -2.42. The number of amides is 3. The highest BCUT2D eigenvalue weighted by Crippen LogP contribution is 2.23. The number of aromatic nitrogens is 1. The molecule has 1 aromatic carbocycles. The number of primary amides is 1. The van der Waals surface area contributed by atoms with Crippen molar-refractivity contribution in [2.24, 2.45) is 5.73 Å². The third-order valence-corrected chi connectivity index (χ3v) is 4.58. The van der Waals surface area contributed by atoms with Gasteiger partial charge in [-0.1, -0.05) is 30.3 Å². The fourth-order valence-corrected chi connectivity index (χ4v) is 3.16. The lowest BCUT2D eigenvalue weighted by atomic mass is 10.2. The number of nitrogens with two attached hydrogens (primary N) is 2. The lowest BCUT2D eigenvalue weighted by Gasteiger charge is -2.22. The van der Waals surface area contributed by atoms with Gasteiger partial charge in [0.05, 0.1) is 12.3 Å². The first kappa shape index (κ1) is 21.8. The van der Waals surface area contributed by atoms with E-state index in [9.17, 15) is 19.2 Å². The van der Waals surface area contributed by atoms with E-state index in [0.717, 1.165) is 17.1 Å². The van der Waals surface area contributed by atoms with Gasteiger partial charge >= 0.3 is 5.97 Å². The van der Waals surface area contributed by atoms with Gasteiger partial charge in [-0.15, -0.1) is 0 Å². The van der Waals surface area contributed by atoms with Gasteiger partial charge in [-0.3, -0.25) is 19.2 Å². The van der Waals surface area contributed by atoms with E-state index in [4.69, 9.17) is 16.2 Å². The number of carbonyl (C=O) groups excluding carboxylic acids is 4. The van der Waals surface area contributed by atoms with Gasteiger partial charge in [0, 0.05) is 6.54 Å². The fraction of sp³-hybridized carbons (Fsp3) is 0.278. The van der Waals surface area contributed by atoms with E-state index >= 15 is 0 Å². The van der Waals surface area contributed by atoms with Gasteiger partial charge in [0.15, 0.2) is 5.69 Å². The second kappa shape index (κ2) is 10.2. The summed E-state index contributed by atoms with van der Waals surface area (Å²) in [5.74, 6) is -2.57. The normalized spacial score (nSPS) is 10.2. The predicted molar refractivity (Wildman–Crippen MR) is 106 cm³/mol. The van der Waals surface area contributed by atoms with Crippen molar-refractivity contribution in [2.75, 3.05) is 25.4 Å². The quantitative estimate of drug-likeness (QED) is 0.488. The van der Waals surface area contributed by atoms with Gasteiger partial charge in [-0.2, -0.15) is 4.37 Å². The van der Waals surface area contributed by atoms with Gasteiger partial charge in [0.25, 0.3) is 11.8 Å². The largest absolute Gasteiger partial charge is 0.465 e. The molecule has 0 aliphatic rings. The molecule has 5 N–H and O–H groups in total. The van der Waals surface area contributed by atoms with Crippen LogP contribution >= 0.6 is 11.5 Å². The summed E-state index contributed by atoms with van der Waals surface area (Å²) >= 11 is 0.731. The van der Waals surface area contributed by atoms with Crippen LogP contribution in [0.2, 0.25) is 0 Å². The van der Waals surface area contributed by atoms with Crippen LogP contribution in [0.3, 0.4) is 0 Å². The summed E-state index contributed by atoms with van der Waals surface area (Å²) in [5, 5.41) is 2.40. The smallest absolute Gasteiger partial charge is 0.325 e. The number of anilines is 1. The zero-order valence-corrected chi connectivity index (χ0v) is 16.5. The zero-order chi connectivity index (χ0) is 21.4. The zero-order valence-electron chi connectivity index (χ0n) is 15.7. The first-order valence-corrected chi connectivity index (χ1v) is 9.41. The molecule has 2 rings (SSSR count). The Labute approximate surface area is 171 Å². The summed E-state index contributed by atoms with van der Waals surface area (Å²) in [7, 11) is 0. The van der Waals surface area contributed by atoms with Crippen LogP contribution in [0.25, 0.3) is 0 Å². The molecule has 10 nitrogen and oxygen atoms in total. The molecule has 0 spiro atoms. The molecule has 11 heteroatoms. The Balaban J connectivity index is 2.18. The van der Waals surface area contributed by atoms with Crippen molar-refractivity contribution in [3.63, 3.8) is 0 Å². The Morgan fingerprint density at radius 3 is 2.48 bits per heavy atom. The van der Waals surface area contributed by atoms with Gasteiger partial charge in [0.1, 0.15) is 18.0 Å². The van der Waals surface area contributed by atoms with Gasteiger partial charge in [-0.05, 0) is 24.0 Å². The molecule has 0 aliphatic heterocycles. The van der Waals surface area contributed by atoms with Crippen molar-refractivity contribution in [3.05, 3.63) is 46.5 Å². The summed E-state index contributed by atoms with van der Waals surface area (Å²) in [5.41, 5.74) is 11.5. The predicted octanol–water partition coefficient (Wildman–Crippen LogP) is 0.146. The number of ether oxygens (including phenoxy) is 1. The maximum Gasteiger partial charge on any atom is 0.325 e. The number of benzene rings is 1. The number of esters is 1. The fourth-order valence-electron chi connectivity index (χ4n) is 2.39. The van der Waals surface area contributed by atoms with Crippen LogP contribution in [0.4, 0.5) is 5.69 Å². The van der Waals surface area contributed by atoms with E-state index < -0.39 is 23.7 Å². The molecule has 154 valence electrons. The van der Waals surface area contributed by atoms with Crippen LogP contribution in [0.15, 0.2) is 30.3 Å².